The molecule has 0 radical (unpaired) electrons. The molecule has 1 N–H and O–H groups in total. The minimum absolute atomic E-state index is 0.00376. The summed E-state index contributed by atoms with van der Waals surface area (Å²) in [6.07, 6.45) is 0.344. The highest BCUT2D eigenvalue weighted by Crippen LogP contribution is 2.38. The zero-order valence-corrected chi connectivity index (χ0v) is 17.2. The number of ether oxygens (including phenoxy) is 1. The van der Waals surface area contributed by atoms with Crippen molar-refractivity contribution >= 4 is 23.2 Å². The second kappa shape index (κ2) is 7.29. The van der Waals surface area contributed by atoms with E-state index in [-0.39, 0.29) is 24.5 Å². The lowest BCUT2D eigenvalue weighted by Crippen LogP contribution is -2.67. The van der Waals surface area contributed by atoms with Crippen molar-refractivity contribution in [3.8, 4) is 0 Å². The van der Waals surface area contributed by atoms with Crippen LogP contribution in [0.4, 0.5) is 0 Å². The molecule has 0 aliphatic carbocycles. The van der Waals surface area contributed by atoms with Gasteiger partial charge in [-0.1, -0.05) is 44.2 Å². The first kappa shape index (κ1) is 19.1. The molecule has 28 heavy (non-hydrogen) atoms. The van der Waals surface area contributed by atoms with Crippen LogP contribution in [-0.2, 0) is 15.1 Å². The van der Waals surface area contributed by atoms with Crippen molar-refractivity contribution < 1.29 is 14.3 Å². The molecule has 148 valence electrons. The summed E-state index contributed by atoms with van der Waals surface area (Å²) in [6, 6.07) is 9.92. The predicted octanol–water partition coefficient (Wildman–Crippen LogP) is 2.83. The number of carbonyl (C=O) groups excluding carboxylic acids is 2. The van der Waals surface area contributed by atoms with Crippen LogP contribution in [0.2, 0.25) is 0 Å². The van der Waals surface area contributed by atoms with Crippen molar-refractivity contribution in [2.45, 2.75) is 44.8 Å². The fourth-order valence-corrected chi connectivity index (χ4v) is 5.08. The summed E-state index contributed by atoms with van der Waals surface area (Å²) in [5.74, 6) is 0.193. The molecule has 2 atom stereocenters. The maximum atomic E-state index is 13.2. The Morgan fingerprint density at radius 3 is 2.79 bits per heavy atom. The number of aryl methyl sites for hydroxylation is 1. The number of aromatic nitrogens is 1. The molecule has 4 rings (SSSR count). The second-order valence-corrected chi connectivity index (χ2v) is 8.84. The monoisotopic (exact) mass is 399 g/mol. The van der Waals surface area contributed by atoms with Crippen molar-refractivity contribution in [3.05, 3.63) is 51.5 Å². The molecule has 0 bridgehead atoms. The summed E-state index contributed by atoms with van der Waals surface area (Å²) in [7, 11) is 0. The van der Waals surface area contributed by atoms with E-state index in [9.17, 15) is 9.59 Å². The number of nitrogens with zero attached hydrogens (tertiary/aromatic N) is 2. The highest BCUT2D eigenvalue weighted by molar-refractivity contribution is 7.13. The van der Waals surface area contributed by atoms with Crippen LogP contribution in [0.25, 0.3) is 0 Å². The molecule has 0 unspecified atom stereocenters. The third-order valence-corrected chi connectivity index (χ3v) is 7.01. The minimum Gasteiger partial charge on any atom is -0.364 e. The molecule has 6 nitrogen and oxygen atoms in total. The third-order valence-electron chi connectivity index (χ3n) is 5.57. The molecule has 2 saturated heterocycles. The van der Waals surface area contributed by atoms with Crippen molar-refractivity contribution in [2.75, 3.05) is 19.7 Å². The van der Waals surface area contributed by atoms with Crippen LogP contribution in [0.3, 0.4) is 0 Å². The van der Waals surface area contributed by atoms with Gasteiger partial charge in [-0.2, -0.15) is 0 Å². The van der Waals surface area contributed by atoms with Gasteiger partial charge in [0.1, 0.15) is 17.6 Å². The van der Waals surface area contributed by atoms with Crippen molar-refractivity contribution in [3.63, 3.8) is 0 Å². The summed E-state index contributed by atoms with van der Waals surface area (Å²) >= 11 is 1.48. The molecule has 1 aromatic heterocycles. The van der Waals surface area contributed by atoms with Crippen LogP contribution in [0.1, 0.15) is 52.1 Å². The number of thiazole rings is 1. The van der Waals surface area contributed by atoms with Crippen molar-refractivity contribution in [1.29, 1.82) is 0 Å². The number of hydrogen-bond donors (Lipinski definition) is 1. The highest BCUT2D eigenvalue weighted by atomic mass is 32.1. The van der Waals surface area contributed by atoms with E-state index in [1.54, 1.807) is 0 Å². The lowest BCUT2D eigenvalue weighted by molar-refractivity contribution is -0.150. The van der Waals surface area contributed by atoms with E-state index in [1.807, 2.05) is 42.2 Å². The smallest absolute Gasteiger partial charge is 0.265 e. The standard InChI is InChI=1S/C21H25N3O3S/c1-13(2)19-22-14(3)18(28-19)20(26)24-10-9-21(15-7-5-4-6-8-15)16(11-24)27-12-17(25)23-21/h4-8,13,16H,9-12H2,1-3H3,(H,23,25)/t16-,21+/m1/s1. The maximum Gasteiger partial charge on any atom is 0.265 e. The van der Waals surface area contributed by atoms with Gasteiger partial charge in [-0.05, 0) is 18.9 Å². The van der Waals surface area contributed by atoms with Gasteiger partial charge in [0.2, 0.25) is 5.91 Å². The summed E-state index contributed by atoms with van der Waals surface area (Å²) in [5.41, 5.74) is 1.23. The van der Waals surface area contributed by atoms with E-state index in [0.29, 0.717) is 30.3 Å². The molecule has 7 heteroatoms. The topological polar surface area (TPSA) is 71.5 Å². The first-order valence-corrected chi connectivity index (χ1v) is 10.5. The Bertz CT molecular complexity index is 896. The molecule has 0 spiro atoms. The number of likely N-dealkylation sites (tertiary alicyclic amines) is 1. The molecule has 2 aromatic rings. The molecule has 3 heterocycles. The van der Waals surface area contributed by atoms with Gasteiger partial charge in [0.15, 0.2) is 0 Å². The summed E-state index contributed by atoms with van der Waals surface area (Å²) < 4.78 is 5.92. The molecular formula is C21H25N3O3S. The fourth-order valence-electron chi connectivity index (χ4n) is 4.05. The summed E-state index contributed by atoms with van der Waals surface area (Å²) in [5, 5.41) is 4.15. The molecule has 1 aromatic carbocycles. The average molecular weight is 400 g/mol. The van der Waals surface area contributed by atoms with Gasteiger partial charge in [0, 0.05) is 19.0 Å². The van der Waals surface area contributed by atoms with Gasteiger partial charge in [0.05, 0.1) is 16.2 Å². The Balaban J connectivity index is 1.60. The Hall–Kier alpha value is -2.25. The predicted molar refractivity (Wildman–Crippen MR) is 107 cm³/mol. The zero-order valence-electron chi connectivity index (χ0n) is 16.4. The van der Waals surface area contributed by atoms with E-state index in [0.717, 1.165) is 16.3 Å². The SMILES string of the molecule is Cc1nc(C(C)C)sc1C(=O)N1CC[C@@]2(c3ccccc3)NC(=O)CO[C@@H]2C1. The van der Waals surface area contributed by atoms with Crippen LogP contribution in [0.15, 0.2) is 30.3 Å². The third kappa shape index (κ3) is 3.22. The van der Waals surface area contributed by atoms with Crippen molar-refractivity contribution in [2.24, 2.45) is 0 Å². The number of piperidine rings is 1. The Morgan fingerprint density at radius 2 is 2.11 bits per heavy atom. The molecule has 2 fully saturated rings. The second-order valence-electron chi connectivity index (χ2n) is 7.81. The van der Waals surface area contributed by atoms with E-state index >= 15 is 0 Å². The van der Waals surface area contributed by atoms with Gasteiger partial charge < -0.3 is 15.0 Å². The van der Waals surface area contributed by atoms with E-state index in [2.05, 4.69) is 24.1 Å². The number of benzene rings is 1. The van der Waals surface area contributed by atoms with Crippen LogP contribution in [-0.4, -0.2) is 47.5 Å². The number of rotatable bonds is 3. The average Bonchev–Trinajstić information content (AvgIpc) is 3.09. The number of carbonyl (C=O) groups is 2. The largest absolute Gasteiger partial charge is 0.364 e. The fraction of sp³-hybridized carbons (Fsp3) is 0.476. The normalized spacial score (nSPS) is 24.8. The Morgan fingerprint density at radius 1 is 1.36 bits per heavy atom. The molecule has 2 aliphatic heterocycles. The van der Waals surface area contributed by atoms with E-state index in [4.69, 9.17) is 4.74 Å². The van der Waals surface area contributed by atoms with E-state index < -0.39 is 5.54 Å². The first-order valence-electron chi connectivity index (χ1n) is 9.65. The number of morpholine rings is 1. The maximum absolute atomic E-state index is 13.2. The summed E-state index contributed by atoms with van der Waals surface area (Å²) in [6.45, 7) is 7.09. The van der Waals surface area contributed by atoms with Gasteiger partial charge >= 0.3 is 0 Å². The quantitative estimate of drug-likeness (QED) is 0.862. The lowest BCUT2D eigenvalue weighted by Gasteiger charge is -2.50. The summed E-state index contributed by atoms with van der Waals surface area (Å²) in [4.78, 5) is 32.4. The van der Waals surface area contributed by atoms with Gasteiger partial charge in [-0.15, -0.1) is 11.3 Å². The Labute approximate surface area is 168 Å². The molecular weight excluding hydrogens is 374 g/mol. The minimum atomic E-state index is -0.584. The van der Waals surface area contributed by atoms with Gasteiger partial charge in [0.25, 0.3) is 5.91 Å². The number of hydrogen-bond acceptors (Lipinski definition) is 5. The lowest BCUT2D eigenvalue weighted by atomic mass is 9.77. The van der Waals surface area contributed by atoms with Crippen LogP contribution in [0, 0.1) is 6.92 Å². The van der Waals surface area contributed by atoms with Crippen molar-refractivity contribution in [1.82, 2.24) is 15.2 Å². The van der Waals surface area contributed by atoms with Gasteiger partial charge in [-0.3, -0.25) is 9.59 Å². The molecule has 0 saturated carbocycles. The Kier molecular flexibility index (Phi) is 4.97. The van der Waals surface area contributed by atoms with Crippen LogP contribution < -0.4 is 5.32 Å². The highest BCUT2D eigenvalue weighted by Gasteiger charge is 2.50. The number of fused-ring (bicyclic) bond motifs is 1. The van der Waals surface area contributed by atoms with Crippen LogP contribution >= 0.6 is 11.3 Å². The van der Waals surface area contributed by atoms with Gasteiger partial charge in [-0.25, -0.2) is 4.98 Å². The molecule has 2 aliphatic rings. The van der Waals surface area contributed by atoms with E-state index in [1.165, 1.54) is 11.3 Å². The molecule has 2 amide bonds. The first-order chi connectivity index (χ1) is 13.4. The zero-order chi connectivity index (χ0) is 19.9. The number of amides is 2. The van der Waals surface area contributed by atoms with Crippen LogP contribution in [0.5, 0.6) is 0 Å². The number of nitrogens with one attached hydrogen (secondary N) is 1.